The van der Waals surface area contributed by atoms with Crippen LogP contribution < -0.4 is 5.32 Å². The zero-order valence-corrected chi connectivity index (χ0v) is 15.5. The van der Waals surface area contributed by atoms with Crippen molar-refractivity contribution in [3.05, 3.63) is 41.0 Å². The van der Waals surface area contributed by atoms with Gasteiger partial charge in [-0.2, -0.15) is 0 Å². The van der Waals surface area contributed by atoms with Crippen molar-refractivity contribution < 1.29 is 14.3 Å². The number of likely N-dealkylation sites (tertiary alicyclic amines) is 1. The Balaban J connectivity index is 1.58. The molecule has 7 nitrogen and oxygen atoms in total. The number of nitrogens with one attached hydrogen (secondary N) is 2. The fourth-order valence-electron chi connectivity index (χ4n) is 2.91. The molecule has 138 valence electrons. The van der Waals surface area contributed by atoms with Crippen LogP contribution in [0.1, 0.15) is 28.3 Å². The average molecular weight is 374 g/mol. The Hall–Kier alpha value is -2.61. The third kappa shape index (κ3) is 4.32. The molecule has 0 spiro atoms. The van der Waals surface area contributed by atoms with Gasteiger partial charge in [-0.05, 0) is 25.8 Å². The monoisotopic (exact) mass is 374 g/mol. The van der Waals surface area contributed by atoms with Crippen LogP contribution in [0.15, 0.2) is 30.3 Å². The Labute approximate surface area is 156 Å². The maximum atomic E-state index is 12.5. The van der Waals surface area contributed by atoms with Crippen LogP contribution in [0.4, 0.5) is 4.79 Å². The molecular formula is C18H22N4O3S. The Morgan fingerprint density at radius 1 is 1.58 bits per heavy atom. The highest BCUT2D eigenvalue weighted by Crippen LogP contribution is 2.22. The molecule has 26 heavy (non-hydrogen) atoms. The van der Waals surface area contributed by atoms with Crippen LogP contribution in [0, 0.1) is 6.92 Å². The number of hydrogen-bond acceptors (Lipinski definition) is 5. The largest absolute Gasteiger partial charge is 0.445 e. The zero-order chi connectivity index (χ0) is 18.5. The molecular weight excluding hydrogens is 352 g/mol. The molecule has 1 fully saturated rings. The van der Waals surface area contributed by atoms with Crippen LogP contribution in [0.25, 0.3) is 11.3 Å². The maximum Gasteiger partial charge on any atom is 0.410 e. The van der Waals surface area contributed by atoms with Gasteiger partial charge < -0.3 is 19.9 Å². The lowest BCUT2D eigenvalue weighted by Crippen LogP contribution is -2.49. The number of thiazole rings is 1. The first-order valence-corrected chi connectivity index (χ1v) is 9.39. The van der Waals surface area contributed by atoms with Crippen molar-refractivity contribution in [2.24, 2.45) is 0 Å². The lowest BCUT2D eigenvalue weighted by Gasteiger charge is -2.32. The van der Waals surface area contributed by atoms with Gasteiger partial charge in [0.05, 0.1) is 10.7 Å². The number of nitrogens with zero attached hydrogens (tertiary/aromatic N) is 2. The fourth-order valence-corrected chi connectivity index (χ4v) is 3.54. The number of aromatic amines is 1. The maximum absolute atomic E-state index is 12.5. The van der Waals surface area contributed by atoms with Gasteiger partial charge in [0, 0.05) is 36.3 Å². The van der Waals surface area contributed by atoms with Crippen LogP contribution in [-0.2, 0) is 4.74 Å². The minimum atomic E-state index is -0.370. The second-order valence-corrected chi connectivity index (χ2v) is 7.24. The second-order valence-electron chi connectivity index (χ2n) is 6.18. The summed E-state index contributed by atoms with van der Waals surface area (Å²) in [6.45, 7) is 6.75. The molecule has 0 aromatic carbocycles. The number of carbonyl (C=O) groups excluding carboxylic acids is 2. The minimum Gasteiger partial charge on any atom is -0.445 e. The van der Waals surface area contributed by atoms with Gasteiger partial charge in [-0.1, -0.05) is 12.7 Å². The summed E-state index contributed by atoms with van der Waals surface area (Å²) in [6, 6.07) is 1.70. The van der Waals surface area contributed by atoms with Crippen molar-refractivity contribution in [2.45, 2.75) is 25.8 Å². The number of piperidine rings is 1. The molecule has 2 aromatic rings. The normalized spacial score (nSPS) is 17.0. The van der Waals surface area contributed by atoms with Gasteiger partial charge in [-0.3, -0.25) is 4.79 Å². The molecule has 0 bridgehead atoms. The SMILES string of the molecule is C=CCOC(=O)N1CCCC(NC(=O)c2cc(-c3csc(C)n3)c[nH]2)C1. The number of aromatic nitrogens is 2. The first-order valence-electron chi connectivity index (χ1n) is 8.51. The number of carbonyl (C=O) groups is 2. The first kappa shape index (κ1) is 18.2. The molecule has 1 unspecified atom stereocenters. The standard InChI is InChI=1S/C18H22N4O3S/c1-3-7-25-18(24)22-6-4-5-14(10-22)21-17(23)15-8-13(9-19-15)16-11-26-12(2)20-16/h3,8-9,11,14,19H,1,4-7,10H2,2H3,(H,21,23). The average Bonchev–Trinajstić information content (AvgIpc) is 3.29. The van der Waals surface area contributed by atoms with E-state index in [2.05, 4.69) is 21.9 Å². The second kappa shape index (κ2) is 8.18. The smallest absolute Gasteiger partial charge is 0.410 e. The summed E-state index contributed by atoms with van der Waals surface area (Å²) in [5.74, 6) is -0.186. The van der Waals surface area contributed by atoms with E-state index in [4.69, 9.17) is 4.74 Å². The van der Waals surface area contributed by atoms with Crippen LogP contribution in [-0.4, -0.2) is 52.6 Å². The Morgan fingerprint density at radius 3 is 3.15 bits per heavy atom. The number of ether oxygens (including phenoxy) is 1. The summed E-state index contributed by atoms with van der Waals surface area (Å²) in [5, 5.41) is 5.94. The van der Waals surface area contributed by atoms with E-state index in [0.717, 1.165) is 29.1 Å². The molecule has 0 saturated carbocycles. The third-order valence-electron chi connectivity index (χ3n) is 4.18. The van der Waals surface area contributed by atoms with Gasteiger partial charge >= 0.3 is 6.09 Å². The number of H-pyrrole nitrogens is 1. The van der Waals surface area contributed by atoms with Crippen LogP contribution in [0.5, 0.6) is 0 Å². The minimum absolute atomic E-state index is 0.0965. The molecule has 2 amide bonds. The summed E-state index contributed by atoms with van der Waals surface area (Å²) >= 11 is 1.57. The van der Waals surface area contributed by atoms with Crippen molar-refractivity contribution in [3.8, 4) is 11.3 Å². The van der Waals surface area contributed by atoms with Crippen LogP contribution >= 0.6 is 11.3 Å². The topological polar surface area (TPSA) is 87.3 Å². The summed E-state index contributed by atoms with van der Waals surface area (Å²) < 4.78 is 5.07. The lowest BCUT2D eigenvalue weighted by atomic mass is 10.1. The molecule has 1 saturated heterocycles. The Morgan fingerprint density at radius 2 is 2.42 bits per heavy atom. The molecule has 1 aliphatic heterocycles. The summed E-state index contributed by atoms with van der Waals surface area (Å²) in [7, 11) is 0. The van der Waals surface area contributed by atoms with Gasteiger partial charge in [-0.15, -0.1) is 11.3 Å². The molecule has 3 rings (SSSR count). The van der Waals surface area contributed by atoms with Crippen LogP contribution in [0.3, 0.4) is 0 Å². The highest BCUT2D eigenvalue weighted by molar-refractivity contribution is 7.09. The van der Waals surface area contributed by atoms with E-state index in [1.807, 2.05) is 12.3 Å². The number of amides is 2. The molecule has 0 aliphatic carbocycles. The van der Waals surface area contributed by atoms with Crippen molar-refractivity contribution in [1.29, 1.82) is 0 Å². The molecule has 8 heteroatoms. The lowest BCUT2D eigenvalue weighted by molar-refractivity contribution is 0.0835. The quantitative estimate of drug-likeness (QED) is 0.788. The van der Waals surface area contributed by atoms with E-state index in [-0.39, 0.29) is 24.6 Å². The first-order chi connectivity index (χ1) is 12.6. The van der Waals surface area contributed by atoms with Gasteiger partial charge in [0.15, 0.2) is 0 Å². The predicted octanol–water partition coefficient (Wildman–Crippen LogP) is 2.96. The highest BCUT2D eigenvalue weighted by Gasteiger charge is 2.26. The highest BCUT2D eigenvalue weighted by atomic mass is 32.1. The van der Waals surface area contributed by atoms with Gasteiger partial charge in [0.25, 0.3) is 5.91 Å². The van der Waals surface area contributed by atoms with E-state index in [9.17, 15) is 9.59 Å². The molecule has 1 aliphatic rings. The molecule has 1 atom stereocenters. The Bertz CT molecular complexity index is 798. The predicted molar refractivity (Wildman–Crippen MR) is 100 cm³/mol. The molecule has 3 heterocycles. The number of hydrogen-bond donors (Lipinski definition) is 2. The number of aryl methyl sites for hydroxylation is 1. The summed E-state index contributed by atoms with van der Waals surface area (Å²) in [4.78, 5) is 33.5. The summed E-state index contributed by atoms with van der Waals surface area (Å²) in [6.07, 6.45) is 4.60. The molecule has 0 radical (unpaired) electrons. The van der Waals surface area contributed by atoms with Crippen LogP contribution in [0.2, 0.25) is 0 Å². The molecule has 2 N–H and O–H groups in total. The van der Waals surface area contributed by atoms with Crippen molar-refractivity contribution in [3.63, 3.8) is 0 Å². The van der Waals surface area contributed by atoms with Crippen molar-refractivity contribution in [2.75, 3.05) is 19.7 Å². The third-order valence-corrected chi connectivity index (χ3v) is 4.96. The zero-order valence-electron chi connectivity index (χ0n) is 14.7. The molecule has 2 aromatic heterocycles. The van der Waals surface area contributed by atoms with Gasteiger partial charge in [0.2, 0.25) is 0 Å². The Kier molecular flexibility index (Phi) is 5.72. The van der Waals surface area contributed by atoms with Crippen molar-refractivity contribution in [1.82, 2.24) is 20.2 Å². The van der Waals surface area contributed by atoms with E-state index < -0.39 is 0 Å². The van der Waals surface area contributed by atoms with Gasteiger partial charge in [-0.25, -0.2) is 9.78 Å². The van der Waals surface area contributed by atoms with E-state index >= 15 is 0 Å². The van der Waals surface area contributed by atoms with Gasteiger partial charge in [0.1, 0.15) is 12.3 Å². The van der Waals surface area contributed by atoms with E-state index in [1.54, 1.807) is 28.5 Å². The van der Waals surface area contributed by atoms with Crippen molar-refractivity contribution >= 4 is 23.3 Å². The van der Waals surface area contributed by atoms with E-state index in [1.165, 1.54) is 6.08 Å². The summed E-state index contributed by atoms with van der Waals surface area (Å²) in [5.41, 5.74) is 2.23. The fraction of sp³-hybridized carbons (Fsp3) is 0.389. The van der Waals surface area contributed by atoms with E-state index in [0.29, 0.717) is 18.8 Å². The number of rotatable bonds is 5.